The molecule has 5 nitrogen and oxygen atoms in total. The first-order valence-corrected chi connectivity index (χ1v) is 6.10. The van der Waals surface area contributed by atoms with Crippen LogP contribution in [0.15, 0.2) is 34.9 Å². The molecule has 0 aliphatic heterocycles. The van der Waals surface area contributed by atoms with Crippen LogP contribution in [-0.2, 0) is 11.3 Å². The maximum absolute atomic E-state index is 9.24. The number of phenols is 1. The van der Waals surface area contributed by atoms with E-state index in [1.54, 1.807) is 37.6 Å². The molecule has 1 aromatic heterocycles. The first-order valence-electron chi connectivity index (χ1n) is 6.10. The van der Waals surface area contributed by atoms with E-state index in [0.29, 0.717) is 19.0 Å². The maximum Gasteiger partial charge on any atom is 0.226 e. The molecular weight excluding hydrogens is 244 g/mol. The van der Waals surface area contributed by atoms with Crippen LogP contribution in [0.5, 0.6) is 5.75 Å². The average molecular weight is 262 g/mol. The molecule has 0 aliphatic rings. The van der Waals surface area contributed by atoms with Crippen LogP contribution >= 0.6 is 0 Å². The highest BCUT2D eigenvalue weighted by atomic mass is 16.5. The van der Waals surface area contributed by atoms with E-state index in [4.69, 9.17) is 9.15 Å². The average Bonchev–Trinajstić information content (AvgIpc) is 2.85. The molecule has 0 unspecified atom stereocenters. The maximum atomic E-state index is 9.24. The van der Waals surface area contributed by atoms with Gasteiger partial charge < -0.3 is 14.3 Å². The van der Waals surface area contributed by atoms with Gasteiger partial charge in [-0.25, -0.2) is 4.98 Å². The van der Waals surface area contributed by atoms with Gasteiger partial charge in [0.25, 0.3) is 0 Å². The fourth-order valence-electron chi connectivity index (χ4n) is 1.72. The molecule has 1 aromatic carbocycles. The van der Waals surface area contributed by atoms with E-state index in [2.05, 4.69) is 9.88 Å². The smallest absolute Gasteiger partial charge is 0.226 e. The van der Waals surface area contributed by atoms with Gasteiger partial charge in [0.05, 0.1) is 12.3 Å². The Balaban J connectivity index is 2.00. The lowest BCUT2D eigenvalue weighted by Crippen LogP contribution is -2.22. The third kappa shape index (κ3) is 3.81. The molecule has 0 amide bonds. The summed E-state index contributed by atoms with van der Waals surface area (Å²) in [5.41, 5.74) is 1.73. The summed E-state index contributed by atoms with van der Waals surface area (Å²) in [6.45, 7) is 2.25. The summed E-state index contributed by atoms with van der Waals surface area (Å²) in [4.78, 5) is 6.54. The number of hydrogen-bond acceptors (Lipinski definition) is 5. The van der Waals surface area contributed by atoms with Crippen molar-refractivity contribution in [3.8, 4) is 17.2 Å². The number of aromatic nitrogens is 1. The molecular formula is C14H18N2O3. The van der Waals surface area contributed by atoms with Gasteiger partial charge in [-0.15, -0.1) is 0 Å². The molecule has 0 aliphatic carbocycles. The zero-order valence-corrected chi connectivity index (χ0v) is 11.2. The van der Waals surface area contributed by atoms with Crippen LogP contribution in [-0.4, -0.2) is 42.3 Å². The molecule has 0 saturated carbocycles. The van der Waals surface area contributed by atoms with Gasteiger partial charge in [0, 0.05) is 25.8 Å². The number of phenolic OH excluding ortho intramolecular Hbond substituents is 1. The van der Waals surface area contributed by atoms with Gasteiger partial charge in [0.1, 0.15) is 12.0 Å². The third-order valence-corrected chi connectivity index (χ3v) is 2.78. The fourth-order valence-corrected chi connectivity index (χ4v) is 1.72. The largest absolute Gasteiger partial charge is 0.508 e. The van der Waals surface area contributed by atoms with Gasteiger partial charge in [-0.2, -0.15) is 0 Å². The zero-order valence-electron chi connectivity index (χ0n) is 11.2. The number of aromatic hydroxyl groups is 1. The van der Waals surface area contributed by atoms with Crippen LogP contribution in [0.2, 0.25) is 0 Å². The molecule has 102 valence electrons. The van der Waals surface area contributed by atoms with Gasteiger partial charge in [0.15, 0.2) is 0 Å². The summed E-state index contributed by atoms with van der Waals surface area (Å²) in [5, 5.41) is 9.24. The molecule has 19 heavy (non-hydrogen) atoms. The van der Waals surface area contributed by atoms with Gasteiger partial charge in [-0.3, -0.25) is 4.90 Å². The topological polar surface area (TPSA) is 58.7 Å². The van der Waals surface area contributed by atoms with Crippen LogP contribution < -0.4 is 0 Å². The van der Waals surface area contributed by atoms with Crippen LogP contribution in [0.25, 0.3) is 11.5 Å². The van der Waals surface area contributed by atoms with E-state index in [0.717, 1.165) is 17.8 Å². The summed E-state index contributed by atoms with van der Waals surface area (Å²) in [7, 11) is 3.70. The van der Waals surface area contributed by atoms with Crippen LogP contribution in [0.1, 0.15) is 5.69 Å². The molecule has 0 spiro atoms. The third-order valence-electron chi connectivity index (χ3n) is 2.78. The molecule has 5 heteroatoms. The van der Waals surface area contributed by atoms with Crippen molar-refractivity contribution < 1.29 is 14.3 Å². The standard InChI is InChI=1S/C14H18N2O3/c1-16(7-8-18-2)9-12-10-19-14(15-12)11-3-5-13(17)6-4-11/h3-6,10,17H,7-9H2,1-2H3. The number of benzene rings is 1. The summed E-state index contributed by atoms with van der Waals surface area (Å²) >= 11 is 0. The number of likely N-dealkylation sites (N-methyl/N-ethyl adjacent to an activating group) is 1. The van der Waals surface area contributed by atoms with E-state index in [-0.39, 0.29) is 5.75 Å². The van der Waals surface area contributed by atoms with Crippen LogP contribution in [0, 0.1) is 0 Å². The van der Waals surface area contributed by atoms with Crippen molar-refractivity contribution in [2.75, 3.05) is 27.3 Å². The summed E-state index contributed by atoms with van der Waals surface area (Å²) in [6.07, 6.45) is 1.66. The van der Waals surface area contributed by atoms with Gasteiger partial charge in [-0.05, 0) is 31.3 Å². The molecule has 0 fully saturated rings. The van der Waals surface area contributed by atoms with E-state index in [9.17, 15) is 5.11 Å². The monoisotopic (exact) mass is 262 g/mol. The number of ether oxygens (including phenoxy) is 1. The number of oxazole rings is 1. The van der Waals surface area contributed by atoms with Gasteiger partial charge in [-0.1, -0.05) is 0 Å². The second kappa shape index (κ2) is 6.36. The summed E-state index contributed by atoms with van der Waals surface area (Å²) in [6, 6.07) is 6.78. The van der Waals surface area contributed by atoms with Crippen molar-refractivity contribution in [1.29, 1.82) is 0 Å². The number of hydrogen-bond donors (Lipinski definition) is 1. The van der Waals surface area contributed by atoms with Crippen LogP contribution in [0.3, 0.4) is 0 Å². The SMILES string of the molecule is COCCN(C)Cc1coc(-c2ccc(O)cc2)n1. The number of nitrogens with zero attached hydrogens (tertiary/aromatic N) is 2. The first kappa shape index (κ1) is 13.6. The highest BCUT2D eigenvalue weighted by molar-refractivity contribution is 5.54. The Bertz CT molecular complexity index is 508. The normalized spacial score (nSPS) is 11.1. The Kier molecular flexibility index (Phi) is 4.54. The Morgan fingerprint density at radius 2 is 2.05 bits per heavy atom. The van der Waals surface area contributed by atoms with Crippen molar-refractivity contribution in [3.63, 3.8) is 0 Å². The summed E-state index contributed by atoms with van der Waals surface area (Å²) in [5.74, 6) is 0.796. The van der Waals surface area contributed by atoms with Gasteiger partial charge in [0.2, 0.25) is 5.89 Å². The lowest BCUT2D eigenvalue weighted by Gasteiger charge is -2.13. The van der Waals surface area contributed by atoms with Crippen molar-refractivity contribution >= 4 is 0 Å². The molecule has 2 aromatic rings. The molecule has 1 heterocycles. The molecule has 1 N–H and O–H groups in total. The predicted octanol–water partition coefficient (Wildman–Crippen LogP) is 2.13. The Labute approximate surface area is 112 Å². The Hall–Kier alpha value is -1.85. The van der Waals surface area contributed by atoms with Crippen molar-refractivity contribution in [2.24, 2.45) is 0 Å². The highest BCUT2D eigenvalue weighted by Crippen LogP contribution is 2.21. The number of rotatable bonds is 6. The molecule has 2 rings (SSSR count). The highest BCUT2D eigenvalue weighted by Gasteiger charge is 2.08. The lowest BCUT2D eigenvalue weighted by molar-refractivity contribution is 0.158. The Morgan fingerprint density at radius 1 is 1.32 bits per heavy atom. The minimum absolute atomic E-state index is 0.231. The minimum atomic E-state index is 0.231. The second-order valence-corrected chi connectivity index (χ2v) is 4.42. The van der Waals surface area contributed by atoms with Crippen molar-refractivity contribution in [2.45, 2.75) is 6.54 Å². The molecule has 0 bridgehead atoms. The lowest BCUT2D eigenvalue weighted by atomic mass is 10.2. The Morgan fingerprint density at radius 3 is 2.74 bits per heavy atom. The van der Waals surface area contributed by atoms with E-state index in [1.807, 2.05) is 7.05 Å². The minimum Gasteiger partial charge on any atom is -0.508 e. The van der Waals surface area contributed by atoms with Gasteiger partial charge >= 0.3 is 0 Å². The van der Waals surface area contributed by atoms with Crippen molar-refractivity contribution in [3.05, 3.63) is 36.2 Å². The zero-order chi connectivity index (χ0) is 13.7. The summed E-state index contributed by atoms with van der Waals surface area (Å²) < 4.78 is 10.5. The molecule has 0 saturated heterocycles. The van der Waals surface area contributed by atoms with Crippen molar-refractivity contribution in [1.82, 2.24) is 9.88 Å². The van der Waals surface area contributed by atoms with E-state index < -0.39 is 0 Å². The molecule has 0 radical (unpaired) electrons. The molecule has 0 atom stereocenters. The number of methoxy groups -OCH3 is 1. The second-order valence-electron chi connectivity index (χ2n) is 4.42. The van der Waals surface area contributed by atoms with Crippen LogP contribution in [0.4, 0.5) is 0 Å². The fraction of sp³-hybridized carbons (Fsp3) is 0.357. The predicted molar refractivity (Wildman–Crippen MR) is 71.8 cm³/mol. The van der Waals surface area contributed by atoms with E-state index in [1.165, 1.54) is 0 Å². The first-order chi connectivity index (χ1) is 9.19. The van der Waals surface area contributed by atoms with E-state index >= 15 is 0 Å². The quantitative estimate of drug-likeness (QED) is 0.864.